The first kappa shape index (κ1) is 53.8. The summed E-state index contributed by atoms with van der Waals surface area (Å²) in [5.74, 6) is 0.369. The summed E-state index contributed by atoms with van der Waals surface area (Å²) in [6, 6.07) is 20.2. The molecule has 3 aromatic heterocycles. The predicted octanol–water partition coefficient (Wildman–Crippen LogP) is 6.68. The zero-order valence-corrected chi connectivity index (χ0v) is 44.7. The van der Waals surface area contributed by atoms with Crippen molar-refractivity contribution in [1.29, 1.82) is 5.26 Å². The zero-order valence-electron chi connectivity index (χ0n) is 44.7. The zero-order chi connectivity index (χ0) is 54.9. The van der Waals surface area contributed by atoms with Crippen LogP contribution in [0.15, 0.2) is 83.5 Å². The number of nitriles is 1. The number of alkyl halides is 2. The van der Waals surface area contributed by atoms with E-state index in [4.69, 9.17) is 25.0 Å². The van der Waals surface area contributed by atoms with Gasteiger partial charge in [0, 0.05) is 113 Å². The van der Waals surface area contributed by atoms with Gasteiger partial charge < -0.3 is 59.8 Å². The second-order valence-electron chi connectivity index (χ2n) is 22.7. The van der Waals surface area contributed by atoms with Crippen molar-refractivity contribution in [3.8, 4) is 29.0 Å². The number of piperidine rings is 2. The number of nitrogens with zero attached hydrogens (tertiary/aromatic N) is 10. The van der Waals surface area contributed by atoms with Crippen LogP contribution in [0.1, 0.15) is 100 Å². The third-order valence-corrected chi connectivity index (χ3v) is 17.1. The molecule has 6 aliphatic rings. The van der Waals surface area contributed by atoms with Crippen molar-refractivity contribution in [1.82, 2.24) is 35.5 Å². The van der Waals surface area contributed by atoms with E-state index in [9.17, 15) is 28.6 Å². The number of halogens is 2. The first-order chi connectivity index (χ1) is 38.2. The summed E-state index contributed by atoms with van der Waals surface area (Å²) >= 11 is 0. The van der Waals surface area contributed by atoms with E-state index in [1.807, 2.05) is 44.3 Å². The molecule has 79 heavy (non-hydrogen) atoms. The minimum absolute atomic E-state index is 0.0637. The summed E-state index contributed by atoms with van der Waals surface area (Å²) in [4.78, 5) is 43.3. The van der Waals surface area contributed by atoms with Crippen molar-refractivity contribution in [2.45, 2.75) is 133 Å². The standard InChI is InChI=1S/C58H70F2N12O7/c1-34(2)53(58(76)71-33-41(73)24-48(71)57(75)64-54(55(59)60)37-9-7-35(29-61)8-10-37)50-28-51(67-79-50)69-21-14-36(15-22-69)30-68-19-16-42(17-20-68)77-43-25-44(26-43)78-52-23-38(13-18-63-52)72-39-11-12-40(72)32-70(31-39)47-27-46(65-66-56(47)62)45-5-3-4-6-49(45)74/h3-10,13,18,23,27-28,34,36,39-44,48,53-55,73-74H,11-12,14-17,19-22,24-26,30-33H2,1-2H3,(H2,62,66)(H,64,75)/t39?,40?,41-,43?,44?,48+,53-,54-/m1/s1. The first-order valence-electron chi connectivity index (χ1n) is 28.0. The largest absolute Gasteiger partial charge is 0.507 e. The van der Waals surface area contributed by atoms with Gasteiger partial charge in [-0.1, -0.05) is 43.3 Å². The highest BCUT2D eigenvalue weighted by atomic mass is 19.3. The second kappa shape index (κ2) is 23.3. The van der Waals surface area contributed by atoms with Gasteiger partial charge in [-0.2, -0.15) is 5.26 Å². The minimum atomic E-state index is -2.96. The molecule has 2 unspecified atom stereocenters. The number of fused-ring (bicyclic) bond motifs is 2. The SMILES string of the molecule is CC(C)[C@@H](C(=O)N1C[C@H](O)C[C@H]1C(=O)N[C@H](c1ccc(C#N)cc1)C(F)F)c1cc(N2CCC(CN3CCC(OC4CC(Oc5cc(N6C7CCC6CN(c6cc(-c8ccccc8O)nnc6N)C7)ccn5)C4)CC3)CC2)no1. The summed E-state index contributed by atoms with van der Waals surface area (Å²) in [7, 11) is 0. The molecule has 5 saturated heterocycles. The third-order valence-electron chi connectivity index (χ3n) is 17.1. The maximum atomic E-state index is 14.3. The first-order valence-corrected chi connectivity index (χ1v) is 28.0. The van der Waals surface area contributed by atoms with Crippen molar-refractivity contribution >= 4 is 34.8 Å². The second-order valence-corrected chi connectivity index (χ2v) is 22.7. The molecular formula is C58H70F2N12O7. The Kier molecular flexibility index (Phi) is 15.9. The number of para-hydroxylation sites is 1. The maximum absolute atomic E-state index is 14.3. The molecule has 5 N–H and O–H groups in total. The summed E-state index contributed by atoms with van der Waals surface area (Å²) in [6.45, 7) is 9.78. The van der Waals surface area contributed by atoms with E-state index in [0.717, 1.165) is 109 Å². The van der Waals surface area contributed by atoms with Crippen LogP contribution in [0, 0.1) is 23.2 Å². The normalized spacial score (nSPS) is 24.6. The Morgan fingerprint density at radius 1 is 0.873 bits per heavy atom. The number of nitrogens with one attached hydrogen (secondary N) is 1. The van der Waals surface area contributed by atoms with E-state index in [1.165, 1.54) is 29.2 Å². The highest BCUT2D eigenvalue weighted by molar-refractivity contribution is 5.91. The highest BCUT2D eigenvalue weighted by Gasteiger charge is 2.45. The number of aliphatic hydroxyl groups excluding tert-OH is 1. The Morgan fingerprint density at radius 3 is 2.30 bits per heavy atom. The van der Waals surface area contributed by atoms with Gasteiger partial charge in [-0.15, -0.1) is 10.2 Å². The molecule has 19 nitrogen and oxygen atoms in total. The molecule has 2 bridgehead atoms. The number of phenolic OH excluding ortho intramolecular Hbond substituents is 1. The Balaban J connectivity index is 0.604. The van der Waals surface area contributed by atoms with Crippen molar-refractivity contribution < 1.29 is 42.6 Å². The lowest BCUT2D eigenvalue weighted by atomic mass is 9.91. The fourth-order valence-electron chi connectivity index (χ4n) is 12.8. The third kappa shape index (κ3) is 11.8. The number of β-amino-alcohol motifs (C(OH)–C–C–N with tert-alkyl or cyclic N) is 1. The predicted molar refractivity (Wildman–Crippen MR) is 290 cm³/mol. The quantitative estimate of drug-likeness (QED) is 0.0760. The van der Waals surface area contributed by atoms with Crippen molar-refractivity contribution in [2.75, 3.05) is 72.8 Å². The molecule has 1 saturated carbocycles. The molecule has 5 aliphatic heterocycles. The van der Waals surface area contributed by atoms with Crippen LogP contribution in [-0.4, -0.2) is 153 Å². The highest BCUT2D eigenvalue weighted by Crippen LogP contribution is 2.41. The number of piperazine rings is 1. The van der Waals surface area contributed by atoms with Gasteiger partial charge in [0.15, 0.2) is 17.4 Å². The molecule has 418 valence electrons. The summed E-state index contributed by atoms with van der Waals surface area (Å²) in [5.41, 5.74) is 9.97. The van der Waals surface area contributed by atoms with Gasteiger partial charge in [-0.3, -0.25) is 9.59 Å². The molecule has 5 aromatic rings. The van der Waals surface area contributed by atoms with E-state index in [-0.39, 0.29) is 60.6 Å². The molecule has 8 heterocycles. The number of aromatic hydroxyl groups is 1. The van der Waals surface area contributed by atoms with Gasteiger partial charge in [0.05, 0.1) is 41.3 Å². The van der Waals surface area contributed by atoms with Gasteiger partial charge in [0.2, 0.25) is 17.7 Å². The number of anilines is 4. The lowest BCUT2D eigenvalue weighted by molar-refractivity contribution is -0.141. The summed E-state index contributed by atoms with van der Waals surface area (Å²) in [5, 5.41) is 45.6. The summed E-state index contributed by atoms with van der Waals surface area (Å²) in [6.07, 6.45) is 6.03. The number of hydrogen-bond acceptors (Lipinski definition) is 17. The van der Waals surface area contributed by atoms with Crippen LogP contribution in [-0.2, 0) is 14.3 Å². The van der Waals surface area contributed by atoms with E-state index in [1.54, 1.807) is 18.2 Å². The number of nitrogens with two attached hydrogens (primary N) is 1. The molecule has 1 aliphatic carbocycles. The van der Waals surface area contributed by atoms with Gasteiger partial charge in [0.25, 0.3) is 6.43 Å². The van der Waals surface area contributed by atoms with Gasteiger partial charge in [-0.05, 0) is 92.3 Å². The number of phenols is 1. The fraction of sp³-hybridized carbons (Fsp3) is 0.534. The van der Waals surface area contributed by atoms with Crippen molar-refractivity contribution in [3.05, 3.63) is 95.9 Å². The van der Waals surface area contributed by atoms with Crippen LogP contribution in [0.4, 0.5) is 31.8 Å². The number of hydrogen-bond donors (Lipinski definition) is 4. The number of aromatic nitrogens is 4. The Morgan fingerprint density at radius 2 is 1.61 bits per heavy atom. The Labute approximate surface area is 458 Å². The monoisotopic (exact) mass is 1080 g/mol. The van der Waals surface area contributed by atoms with Crippen LogP contribution in [0.2, 0.25) is 0 Å². The average Bonchev–Trinajstić information content (AvgIpc) is 4.22. The summed E-state index contributed by atoms with van der Waals surface area (Å²) < 4.78 is 47.4. The van der Waals surface area contributed by atoms with Gasteiger partial charge >= 0.3 is 0 Å². The number of nitrogen functional groups attached to an aromatic ring is 1. The van der Waals surface area contributed by atoms with Gasteiger partial charge in [-0.25, -0.2) is 13.8 Å². The van der Waals surface area contributed by atoms with Gasteiger partial charge in [0.1, 0.15) is 29.9 Å². The van der Waals surface area contributed by atoms with Crippen LogP contribution >= 0.6 is 0 Å². The molecule has 0 radical (unpaired) electrons. The molecule has 6 fully saturated rings. The number of ether oxygens (including phenoxy) is 2. The molecule has 11 rings (SSSR count). The minimum Gasteiger partial charge on any atom is -0.507 e. The molecular weight excluding hydrogens is 1010 g/mol. The van der Waals surface area contributed by atoms with Crippen molar-refractivity contribution in [3.63, 3.8) is 0 Å². The number of carbonyl (C=O) groups excluding carboxylic acids is 2. The van der Waals surface area contributed by atoms with Crippen LogP contribution in [0.5, 0.6) is 11.6 Å². The maximum Gasteiger partial charge on any atom is 0.262 e. The van der Waals surface area contributed by atoms with E-state index in [2.05, 4.69) is 57.4 Å². The van der Waals surface area contributed by atoms with Crippen LogP contribution in [0.25, 0.3) is 11.3 Å². The molecule has 2 aromatic carbocycles. The van der Waals surface area contributed by atoms with E-state index in [0.29, 0.717) is 46.0 Å². The van der Waals surface area contributed by atoms with Crippen molar-refractivity contribution in [2.24, 2.45) is 11.8 Å². The molecule has 6 atom stereocenters. The fourth-order valence-corrected chi connectivity index (χ4v) is 12.8. The number of carbonyl (C=O) groups is 2. The average molecular weight is 1090 g/mol. The molecule has 2 amide bonds. The van der Waals surface area contributed by atoms with E-state index >= 15 is 0 Å². The number of rotatable bonds is 17. The topological polar surface area (TPSA) is 236 Å². The number of benzene rings is 2. The Hall–Kier alpha value is -7.15. The smallest absolute Gasteiger partial charge is 0.262 e. The lowest BCUT2D eigenvalue weighted by Crippen LogP contribution is -2.54. The molecule has 0 spiro atoms. The number of likely N-dealkylation sites (tertiary alicyclic amines) is 2. The number of amides is 2. The molecule has 21 heteroatoms. The number of aliphatic hydroxyl groups is 1. The van der Waals surface area contributed by atoms with Crippen LogP contribution in [0.3, 0.4) is 0 Å². The number of pyridine rings is 1. The van der Waals surface area contributed by atoms with E-state index < -0.39 is 42.3 Å². The Bertz CT molecular complexity index is 2960. The lowest BCUT2D eigenvalue weighted by Gasteiger charge is -2.43. The van der Waals surface area contributed by atoms with Crippen LogP contribution < -0.4 is 30.5 Å².